The molecule has 0 saturated carbocycles. The summed E-state index contributed by atoms with van der Waals surface area (Å²) in [6.45, 7) is 3.68. The lowest BCUT2D eigenvalue weighted by Gasteiger charge is -2.40. The zero-order valence-corrected chi connectivity index (χ0v) is 37.9. The second kappa shape index (κ2) is 37.2. The van der Waals surface area contributed by atoms with Crippen molar-refractivity contribution in [2.24, 2.45) is 0 Å². The molecule has 0 spiro atoms. The Morgan fingerprint density at radius 2 is 1.02 bits per heavy atom. The molecule has 0 aliphatic carbocycles. The first-order valence-corrected chi connectivity index (χ1v) is 24.8. The van der Waals surface area contributed by atoms with E-state index in [-0.39, 0.29) is 19.4 Å². The number of carbonyl (C=O) groups excluding carboxylic acids is 2. The molecule has 0 radical (unpaired) electrons. The van der Waals surface area contributed by atoms with Crippen LogP contribution in [0.25, 0.3) is 0 Å². The van der Waals surface area contributed by atoms with Crippen LogP contribution in [0.1, 0.15) is 181 Å². The minimum absolute atomic E-state index is 0.139. The second-order valence-corrected chi connectivity index (χ2v) is 17.6. The molecule has 0 aromatic carbocycles. The second-order valence-electron chi connectivity index (χ2n) is 16.1. The zero-order chi connectivity index (χ0) is 44.1. The highest BCUT2D eigenvalue weighted by Gasteiger charge is 2.46. The molecule has 1 aliphatic rings. The van der Waals surface area contributed by atoms with Crippen LogP contribution >= 0.6 is 0 Å². The average molecular weight is 871 g/mol. The number of hydrogen-bond acceptors (Lipinski definition) is 11. The molecule has 0 aromatic heterocycles. The molecule has 1 saturated heterocycles. The van der Waals surface area contributed by atoms with Gasteiger partial charge in [-0.05, 0) is 70.6 Å². The highest BCUT2D eigenvalue weighted by molar-refractivity contribution is 7.85. The van der Waals surface area contributed by atoms with E-state index >= 15 is 0 Å². The van der Waals surface area contributed by atoms with Gasteiger partial charge in [0.25, 0.3) is 10.1 Å². The summed E-state index contributed by atoms with van der Waals surface area (Å²) in [4.78, 5) is 25.4. The maximum atomic E-state index is 12.8. The van der Waals surface area contributed by atoms with Gasteiger partial charge >= 0.3 is 11.9 Å². The average Bonchev–Trinajstić information content (AvgIpc) is 3.21. The van der Waals surface area contributed by atoms with Crippen molar-refractivity contribution in [3.63, 3.8) is 0 Å². The minimum atomic E-state index is -4.61. The number of ether oxygens (including phenoxy) is 4. The lowest BCUT2D eigenvalue weighted by molar-refractivity contribution is -0.297. The Kier molecular flexibility index (Phi) is 34.5. The number of hydrogen-bond donors (Lipinski definition) is 4. The molecule has 13 heteroatoms. The molecule has 1 fully saturated rings. The number of unbranched alkanes of at least 4 members (excludes halogenated alkanes) is 18. The number of carbonyl (C=O) groups is 2. The number of allylic oxidation sites excluding steroid dienone is 8. The fourth-order valence-corrected chi connectivity index (χ4v) is 7.44. The zero-order valence-electron chi connectivity index (χ0n) is 37.1. The SMILES string of the molecule is CCCCC/C=C/C/C=C/CCCCCCCC(=O)O[C@H](COC(=O)CCC/C=C/C/C=C/CCCCCCCCCCC)CO[C@H]1O[C@H](CS(=O)(=O)O)[C@@H](O)C(O)C1O. The fraction of sp³-hybridized carbons (Fsp3) is 0.787. The third-order valence-corrected chi connectivity index (χ3v) is 11.1. The van der Waals surface area contributed by atoms with Crippen LogP contribution in [0.2, 0.25) is 0 Å². The Labute approximate surface area is 363 Å². The normalized spacial score (nSPS) is 20.5. The van der Waals surface area contributed by atoms with Crippen LogP contribution in [-0.4, -0.2) is 96.0 Å². The Balaban J connectivity index is 2.48. The summed E-state index contributed by atoms with van der Waals surface area (Å²) in [7, 11) is -4.61. The maximum absolute atomic E-state index is 12.8. The lowest BCUT2D eigenvalue weighted by Crippen LogP contribution is -2.60. The lowest BCUT2D eigenvalue weighted by atomic mass is 10.00. The van der Waals surface area contributed by atoms with E-state index in [0.717, 1.165) is 57.8 Å². The van der Waals surface area contributed by atoms with E-state index in [0.29, 0.717) is 19.3 Å². The fourth-order valence-electron chi connectivity index (χ4n) is 6.75. The van der Waals surface area contributed by atoms with Gasteiger partial charge in [-0.3, -0.25) is 14.1 Å². The topological polar surface area (TPSA) is 186 Å². The van der Waals surface area contributed by atoms with Crippen molar-refractivity contribution in [3.8, 4) is 0 Å². The van der Waals surface area contributed by atoms with Crippen molar-refractivity contribution < 1.29 is 56.8 Å². The van der Waals surface area contributed by atoms with Crippen molar-refractivity contribution in [1.29, 1.82) is 0 Å². The molecule has 6 atom stereocenters. The monoisotopic (exact) mass is 871 g/mol. The molecule has 0 bridgehead atoms. The number of aliphatic hydroxyl groups is 3. The summed E-state index contributed by atoms with van der Waals surface area (Å²) in [6, 6.07) is 0. The number of esters is 2. The van der Waals surface area contributed by atoms with E-state index in [1.807, 2.05) is 6.08 Å². The van der Waals surface area contributed by atoms with Crippen molar-refractivity contribution in [3.05, 3.63) is 48.6 Å². The molecule has 348 valence electrons. The summed E-state index contributed by atoms with van der Waals surface area (Å²) >= 11 is 0. The van der Waals surface area contributed by atoms with Crippen molar-refractivity contribution in [2.75, 3.05) is 19.0 Å². The molecule has 2 unspecified atom stereocenters. The van der Waals surface area contributed by atoms with Crippen LogP contribution in [0.3, 0.4) is 0 Å². The minimum Gasteiger partial charge on any atom is -0.462 e. The Hall–Kier alpha value is -2.39. The first kappa shape index (κ1) is 55.6. The van der Waals surface area contributed by atoms with Gasteiger partial charge in [-0.25, -0.2) is 0 Å². The highest BCUT2D eigenvalue weighted by atomic mass is 32.2. The Morgan fingerprint density at radius 3 is 1.55 bits per heavy atom. The van der Waals surface area contributed by atoms with Crippen LogP contribution in [0.5, 0.6) is 0 Å². The van der Waals surface area contributed by atoms with Gasteiger partial charge in [-0.2, -0.15) is 8.42 Å². The van der Waals surface area contributed by atoms with E-state index in [1.54, 1.807) is 0 Å². The molecule has 1 rings (SSSR count). The summed E-state index contributed by atoms with van der Waals surface area (Å²) in [5, 5.41) is 30.9. The Morgan fingerprint density at radius 1 is 0.567 bits per heavy atom. The van der Waals surface area contributed by atoms with Crippen molar-refractivity contribution >= 4 is 22.1 Å². The molecule has 0 aromatic rings. The van der Waals surface area contributed by atoms with E-state index in [2.05, 4.69) is 56.4 Å². The standard InChI is InChI=1S/C47H82O12S/c1-3-5-7-9-11-13-15-17-19-20-22-23-25-27-29-31-33-35-42(48)56-37-40(38-57-47-46(52)45(51)44(50)41(59-47)39-60(53,54)55)58-43(49)36-34-32-30-28-26-24-21-18-16-14-12-10-8-6-4-2/h12,14,18,21-23,27,29,40-41,44-47,50-52H,3-11,13,15-17,19-20,24-26,28,30-39H2,1-2H3,(H,53,54,55)/b14-12+,21-18+,23-22+,29-27+/t40-,41-,44-,45?,46?,47+/m1/s1. The van der Waals surface area contributed by atoms with Crippen LogP contribution < -0.4 is 0 Å². The molecular formula is C47H82O12S. The molecule has 4 N–H and O–H groups in total. The van der Waals surface area contributed by atoms with Crippen LogP contribution in [0.4, 0.5) is 0 Å². The molecule has 12 nitrogen and oxygen atoms in total. The smallest absolute Gasteiger partial charge is 0.306 e. The third-order valence-electron chi connectivity index (χ3n) is 10.4. The van der Waals surface area contributed by atoms with Gasteiger partial charge in [-0.1, -0.05) is 146 Å². The van der Waals surface area contributed by atoms with Crippen molar-refractivity contribution in [2.45, 2.75) is 218 Å². The first-order valence-electron chi connectivity index (χ1n) is 23.2. The molecule has 1 aliphatic heterocycles. The molecule has 60 heavy (non-hydrogen) atoms. The van der Waals surface area contributed by atoms with E-state index in [9.17, 15) is 37.9 Å². The summed E-state index contributed by atoms with van der Waals surface area (Å²) in [5.74, 6) is -2.06. The number of aliphatic hydroxyl groups excluding tert-OH is 3. The van der Waals surface area contributed by atoms with E-state index in [1.165, 1.54) is 77.0 Å². The van der Waals surface area contributed by atoms with E-state index < -0.39 is 71.2 Å². The highest BCUT2D eigenvalue weighted by Crippen LogP contribution is 2.24. The van der Waals surface area contributed by atoms with Gasteiger partial charge in [-0.15, -0.1) is 0 Å². The molecular weight excluding hydrogens is 789 g/mol. The van der Waals surface area contributed by atoms with Gasteiger partial charge in [0.1, 0.15) is 36.8 Å². The van der Waals surface area contributed by atoms with Crippen LogP contribution in [0.15, 0.2) is 48.6 Å². The Bertz CT molecular complexity index is 1300. The van der Waals surface area contributed by atoms with Gasteiger partial charge in [0.15, 0.2) is 12.4 Å². The van der Waals surface area contributed by atoms with Crippen LogP contribution in [0, 0.1) is 0 Å². The van der Waals surface area contributed by atoms with Gasteiger partial charge in [0.2, 0.25) is 0 Å². The summed E-state index contributed by atoms with van der Waals surface area (Å²) < 4.78 is 54.0. The maximum Gasteiger partial charge on any atom is 0.306 e. The van der Waals surface area contributed by atoms with Crippen LogP contribution in [-0.2, 0) is 38.7 Å². The first-order chi connectivity index (χ1) is 29.0. The van der Waals surface area contributed by atoms with E-state index in [4.69, 9.17) is 18.9 Å². The van der Waals surface area contributed by atoms with Crippen molar-refractivity contribution in [1.82, 2.24) is 0 Å². The quantitative estimate of drug-likeness (QED) is 0.0200. The predicted molar refractivity (Wildman–Crippen MR) is 238 cm³/mol. The summed E-state index contributed by atoms with van der Waals surface area (Å²) in [6.07, 6.45) is 34.5. The third kappa shape index (κ3) is 31.5. The number of rotatable bonds is 38. The largest absolute Gasteiger partial charge is 0.462 e. The molecule has 1 heterocycles. The summed E-state index contributed by atoms with van der Waals surface area (Å²) in [5.41, 5.74) is 0. The predicted octanol–water partition coefficient (Wildman–Crippen LogP) is 9.56. The van der Waals surface area contributed by atoms with Gasteiger partial charge in [0.05, 0.1) is 6.61 Å². The van der Waals surface area contributed by atoms with Gasteiger partial charge < -0.3 is 34.3 Å². The van der Waals surface area contributed by atoms with Gasteiger partial charge in [0, 0.05) is 12.8 Å². The molecule has 0 amide bonds.